The second-order valence-corrected chi connectivity index (χ2v) is 8.69. The number of ketones is 1. The van der Waals surface area contributed by atoms with E-state index >= 15 is 0 Å². The van der Waals surface area contributed by atoms with Gasteiger partial charge in [0.15, 0.2) is 5.78 Å². The molecule has 0 radical (unpaired) electrons. The van der Waals surface area contributed by atoms with Gasteiger partial charge in [0.1, 0.15) is 0 Å². The lowest BCUT2D eigenvalue weighted by atomic mass is 10.0. The molecule has 166 valence electrons. The van der Waals surface area contributed by atoms with Crippen molar-refractivity contribution in [1.82, 2.24) is 5.32 Å². The average molecular weight is 422 g/mol. The van der Waals surface area contributed by atoms with Crippen LogP contribution in [0.5, 0.6) is 0 Å². The maximum Gasteiger partial charge on any atom is 0.220 e. The van der Waals surface area contributed by atoms with E-state index in [1.807, 2.05) is 36.4 Å². The summed E-state index contributed by atoms with van der Waals surface area (Å²) in [5, 5.41) is 13.3. The number of amides is 1. The first-order valence-corrected chi connectivity index (χ1v) is 11.7. The van der Waals surface area contributed by atoms with Gasteiger partial charge in [0.2, 0.25) is 5.91 Å². The first-order valence-electron chi connectivity index (χ1n) is 11.7. The molecule has 0 unspecified atom stereocenters. The smallest absolute Gasteiger partial charge is 0.220 e. The van der Waals surface area contributed by atoms with Crippen LogP contribution in [0.2, 0.25) is 0 Å². The van der Waals surface area contributed by atoms with E-state index in [4.69, 9.17) is 0 Å². The van der Waals surface area contributed by atoms with E-state index in [0.29, 0.717) is 31.6 Å². The summed E-state index contributed by atoms with van der Waals surface area (Å²) in [7, 11) is 0. The Morgan fingerprint density at radius 2 is 1.97 bits per heavy atom. The van der Waals surface area contributed by atoms with Crippen molar-refractivity contribution in [2.24, 2.45) is 5.92 Å². The molecule has 1 saturated carbocycles. The Balaban J connectivity index is 1.38. The molecule has 0 saturated heterocycles. The van der Waals surface area contributed by atoms with Crippen molar-refractivity contribution in [3.63, 3.8) is 0 Å². The van der Waals surface area contributed by atoms with Crippen molar-refractivity contribution in [1.29, 1.82) is 0 Å². The van der Waals surface area contributed by atoms with E-state index in [2.05, 4.69) is 23.5 Å². The molecule has 4 heteroatoms. The summed E-state index contributed by atoms with van der Waals surface area (Å²) in [5.74, 6) is 1.07. The summed E-state index contributed by atoms with van der Waals surface area (Å²) in [6.07, 6.45) is 15.6. The number of carbonyl (C=O) groups excluding carboxylic acids is 2. The van der Waals surface area contributed by atoms with Crippen molar-refractivity contribution < 1.29 is 14.7 Å². The molecule has 1 atom stereocenters. The van der Waals surface area contributed by atoms with Crippen LogP contribution in [0.1, 0.15) is 63.4 Å². The second-order valence-electron chi connectivity index (χ2n) is 8.69. The fourth-order valence-electron chi connectivity index (χ4n) is 3.81. The summed E-state index contributed by atoms with van der Waals surface area (Å²) >= 11 is 0. The normalized spacial score (nSPS) is 17.8. The lowest BCUT2D eigenvalue weighted by Gasteiger charge is -2.06. The Labute approximate surface area is 186 Å². The molecule has 0 heterocycles. The maximum atomic E-state index is 12.2. The summed E-state index contributed by atoms with van der Waals surface area (Å²) in [4.78, 5) is 24.0. The fourth-order valence-corrected chi connectivity index (χ4v) is 3.81. The molecule has 2 aliphatic rings. The molecular formula is C27H35NO3. The molecule has 0 aromatic heterocycles. The highest BCUT2D eigenvalue weighted by Gasteiger charge is 2.21. The van der Waals surface area contributed by atoms with Gasteiger partial charge in [0.05, 0.1) is 6.10 Å². The van der Waals surface area contributed by atoms with Crippen LogP contribution in [0.25, 0.3) is 0 Å². The quantitative estimate of drug-likeness (QED) is 0.354. The molecule has 1 amide bonds. The van der Waals surface area contributed by atoms with Crippen LogP contribution in [0.15, 0.2) is 65.8 Å². The highest BCUT2D eigenvalue weighted by Crippen LogP contribution is 2.28. The predicted molar refractivity (Wildman–Crippen MR) is 125 cm³/mol. The van der Waals surface area contributed by atoms with Crippen molar-refractivity contribution in [3.8, 4) is 0 Å². The van der Waals surface area contributed by atoms with Gasteiger partial charge in [-0.25, -0.2) is 0 Å². The summed E-state index contributed by atoms with van der Waals surface area (Å²) in [5.41, 5.74) is 3.13. The van der Waals surface area contributed by atoms with Crippen LogP contribution in [0, 0.1) is 5.92 Å². The van der Waals surface area contributed by atoms with Crippen LogP contribution in [0.4, 0.5) is 0 Å². The largest absolute Gasteiger partial charge is 0.389 e. The fraction of sp³-hybridized carbons (Fsp3) is 0.481. The number of aliphatic hydroxyl groups is 1. The maximum absolute atomic E-state index is 12.2. The molecule has 0 spiro atoms. The molecule has 4 nitrogen and oxygen atoms in total. The lowest BCUT2D eigenvalue weighted by molar-refractivity contribution is -0.121. The van der Waals surface area contributed by atoms with Crippen LogP contribution < -0.4 is 5.32 Å². The van der Waals surface area contributed by atoms with Crippen molar-refractivity contribution in [2.45, 2.75) is 70.3 Å². The standard InChI is InChI=1S/C27H35NO3/c29-24(17-14-21-8-4-3-5-9-21)18-15-23-16-19-26(30)25(23)10-6-1-2-7-11-27(31)28-20-22-12-13-22/h1,3-6,8-9,15,18,22,24,29H,2,7,10-14,16-17,19-20H2,(H,28,31)/t24-/m0/s1. The van der Waals surface area contributed by atoms with Gasteiger partial charge in [-0.3, -0.25) is 9.59 Å². The highest BCUT2D eigenvalue weighted by atomic mass is 16.3. The number of Topliss-reactive ketones (excluding diaryl/α,β-unsaturated/α-hetero) is 1. The number of allylic oxidation sites excluding steroid dienone is 5. The van der Waals surface area contributed by atoms with Gasteiger partial charge in [0, 0.05) is 25.0 Å². The van der Waals surface area contributed by atoms with Gasteiger partial charge in [-0.1, -0.05) is 54.6 Å². The average Bonchev–Trinajstić information content (AvgIpc) is 3.55. The molecule has 0 aliphatic heterocycles. The number of hydrogen-bond acceptors (Lipinski definition) is 3. The van der Waals surface area contributed by atoms with E-state index in [-0.39, 0.29) is 11.7 Å². The van der Waals surface area contributed by atoms with Crippen LogP contribution >= 0.6 is 0 Å². The molecule has 3 rings (SSSR count). The van der Waals surface area contributed by atoms with Crippen LogP contribution in [-0.4, -0.2) is 29.4 Å². The molecule has 1 aromatic rings. The minimum absolute atomic E-state index is 0.146. The van der Waals surface area contributed by atoms with Gasteiger partial charge in [-0.15, -0.1) is 0 Å². The SMILES string of the molecule is O=C(CCCC=CCC1=C(C=C[C@@H](O)CCc2ccccc2)CCC1=O)NCC1CC1. The number of hydrogen-bond donors (Lipinski definition) is 2. The Kier molecular flexibility index (Phi) is 9.29. The topological polar surface area (TPSA) is 66.4 Å². The molecule has 1 fully saturated rings. The third-order valence-electron chi connectivity index (χ3n) is 5.98. The number of aliphatic hydroxyl groups excluding tert-OH is 1. The minimum atomic E-state index is -0.508. The third kappa shape index (κ3) is 8.66. The summed E-state index contributed by atoms with van der Waals surface area (Å²) in [6.45, 7) is 0.836. The van der Waals surface area contributed by atoms with Crippen molar-refractivity contribution >= 4 is 11.7 Å². The molecular weight excluding hydrogens is 386 g/mol. The molecule has 2 N–H and O–H groups in total. The van der Waals surface area contributed by atoms with Gasteiger partial charge < -0.3 is 10.4 Å². The Morgan fingerprint density at radius 1 is 1.16 bits per heavy atom. The monoisotopic (exact) mass is 421 g/mol. The third-order valence-corrected chi connectivity index (χ3v) is 5.98. The zero-order valence-electron chi connectivity index (χ0n) is 18.4. The number of aryl methyl sites for hydroxylation is 1. The van der Waals surface area contributed by atoms with Crippen LogP contribution in [0.3, 0.4) is 0 Å². The Morgan fingerprint density at radius 3 is 2.74 bits per heavy atom. The number of nitrogens with one attached hydrogen (secondary N) is 1. The zero-order chi connectivity index (χ0) is 21.9. The molecule has 1 aromatic carbocycles. The lowest BCUT2D eigenvalue weighted by Crippen LogP contribution is -2.24. The van der Waals surface area contributed by atoms with E-state index in [1.165, 1.54) is 18.4 Å². The van der Waals surface area contributed by atoms with E-state index in [1.54, 1.807) is 0 Å². The number of carbonyl (C=O) groups is 2. The molecule has 2 aliphatic carbocycles. The Hall–Kier alpha value is -2.46. The summed E-state index contributed by atoms with van der Waals surface area (Å²) in [6, 6.07) is 10.2. The molecule has 0 bridgehead atoms. The highest BCUT2D eigenvalue weighted by molar-refractivity contribution is 5.99. The van der Waals surface area contributed by atoms with Gasteiger partial charge in [-0.05, 0) is 68.4 Å². The summed E-state index contributed by atoms with van der Waals surface area (Å²) < 4.78 is 0. The predicted octanol–water partition coefficient (Wildman–Crippen LogP) is 4.84. The second kappa shape index (κ2) is 12.4. The first-order chi connectivity index (χ1) is 15.1. The van der Waals surface area contributed by atoms with Crippen molar-refractivity contribution in [2.75, 3.05) is 6.54 Å². The van der Waals surface area contributed by atoms with E-state index in [9.17, 15) is 14.7 Å². The van der Waals surface area contributed by atoms with E-state index in [0.717, 1.165) is 43.4 Å². The van der Waals surface area contributed by atoms with E-state index < -0.39 is 6.10 Å². The Bertz CT molecular complexity index is 818. The minimum Gasteiger partial charge on any atom is -0.389 e. The first kappa shape index (κ1) is 23.2. The van der Waals surface area contributed by atoms with Gasteiger partial charge in [0.25, 0.3) is 0 Å². The number of rotatable bonds is 13. The number of benzene rings is 1. The molecule has 31 heavy (non-hydrogen) atoms. The zero-order valence-corrected chi connectivity index (χ0v) is 18.4. The van der Waals surface area contributed by atoms with Crippen LogP contribution in [-0.2, 0) is 16.0 Å². The van der Waals surface area contributed by atoms with Gasteiger partial charge in [-0.2, -0.15) is 0 Å². The van der Waals surface area contributed by atoms with Gasteiger partial charge >= 0.3 is 0 Å². The number of unbranched alkanes of at least 4 members (excludes halogenated alkanes) is 1. The van der Waals surface area contributed by atoms with Crippen molar-refractivity contribution in [3.05, 3.63) is 71.3 Å².